The van der Waals surface area contributed by atoms with Gasteiger partial charge in [0.2, 0.25) is 0 Å². The van der Waals surface area contributed by atoms with Gasteiger partial charge in [-0.25, -0.2) is 13.8 Å². The van der Waals surface area contributed by atoms with E-state index in [4.69, 9.17) is 5.41 Å². The smallest absolute Gasteiger partial charge is 0.393 e. The zero-order chi connectivity index (χ0) is 26.7. The Hall–Kier alpha value is -3.50. The lowest BCUT2D eigenvalue weighted by Crippen LogP contribution is -2.58. The average Bonchev–Trinajstić information content (AvgIpc) is 2.80. The molecule has 0 radical (unpaired) electrons. The highest BCUT2D eigenvalue weighted by Gasteiger charge is 2.46. The molecule has 2 heterocycles. The third-order valence-corrected chi connectivity index (χ3v) is 6.02. The maximum absolute atomic E-state index is 14.5. The van der Waals surface area contributed by atoms with Crippen LogP contribution in [0.2, 0.25) is 0 Å². The number of alkyl halides is 5. The van der Waals surface area contributed by atoms with Gasteiger partial charge in [-0.3, -0.25) is 10.2 Å². The second kappa shape index (κ2) is 10.6. The second-order valence-corrected chi connectivity index (χ2v) is 8.94. The molecular weight excluding hydrogens is 481 g/mol. The van der Waals surface area contributed by atoms with Crippen molar-refractivity contribution in [2.24, 2.45) is 5.92 Å². The largest absolute Gasteiger partial charge is 0.417 e. The molecule has 1 fully saturated rings. The summed E-state index contributed by atoms with van der Waals surface area (Å²) in [5.41, 5.74) is 0.382. The summed E-state index contributed by atoms with van der Waals surface area (Å²) in [6, 6.07) is 8.40. The molecule has 3 rings (SSSR count). The van der Waals surface area contributed by atoms with Gasteiger partial charge in [-0.1, -0.05) is 36.8 Å². The van der Waals surface area contributed by atoms with Gasteiger partial charge in [-0.2, -0.15) is 13.2 Å². The number of carbonyl (C=O) groups is 1. The quantitative estimate of drug-likeness (QED) is 0.364. The van der Waals surface area contributed by atoms with E-state index in [1.807, 2.05) is 13.0 Å². The number of hydrogen-bond acceptors (Lipinski definition) is 5. The molecule has 6 nitrogen and oxygen atoms in total. The van der Waals surface area contributed by atoms with Gasteiger partial charge in [0.25, 0.3) is 11.8 Å². The van der Waals surface area contributed by atoms with E-state index < -0.39 is 54.2 Å². The van der Waals surface area contributed by atoms with E-state index >= 15 is 0 Å². The van der Waals surface area contributed by atoms with Crippen LogP contribution in [-0.2, 0) is 11.0 Å². The van der Waals surface area contributed by atoms with E-state index in [-0.39, 0.29) is 17.9 Å². The van der Waals surface area contributed by atoms with Crippen molar-refractivity contribution < 1.29 is 26.7 Å². The number of pyridine rings is 1. The molecule has 36 heavy (non-hydrogen) atoms. The standard InChI is InChI=1S/C25H28F5N5O/c1-15-5-4-6-17(9-15)19(12-32-3)22(31)23(36)35-14-24(26,27)10-16(2)20(35)13-34-21-8-7-18(11-33-21)25(28,29)30/h4-9,11-12,16,20,31-32H,10,13-14H2,1-3H3,(H,33,34)/b19-12-,31-22?. The van der Waals surface area contributed by atoms with E-state index in [1.54, 1.807) is 32.2 Å². The normalized spacial score (nSPS) is 20.1. The average molecular weight is 510 g/mol. The minimum absolute atomic E-state index is 0.0237. The fourth-order valence-corrected chi connectivity index (χ4v) is 4.27. The minimum atomic E-state index is -4.53. The summed E-state index contributed by atoms with van der Waals surface area (Å²) in [5, 5.41) is 14.2. The molecule has 1 aliphatic rings. The number of likely N-dealkylation sites (tertiary alicyclic amines) is 1. The maximum Gasteiger partial charge on any atom is 0.417 e. The Morgan fingerprint density at radius 2 is 2.00 bits per heavy atom. The van der Waals surface area contributed by atoms with Crippen LogP contribution in [0.5, 0.6) is 0 Å². The Morgan fingerprint density at radius 3 is 2.58 bits per heavy atom. The van der Waals surface area contributed by atoms with Crippen LogP contribution in [-0.4, -0.2) is 53.6 Å². The Balaban J connectivity index is 1.84. The summed E-state index contributed by atoms with van der Waals surface area (Å²) in [6.45, 7) is 2.54. The predicted molar refractivity (Wildman–Crippen MR) is 128 cm³/mol. The third kappa shape index (κ3) is 6.38. The summed E-state index contributed by atoms with van der Waals surface area (Å²) >= 11 is 0. The number of piperidine rings is 1. The predicted octanol–water partition coefficient (Wildman–Crippen LogP) is 4.97. The maximum atomic E-state index is 14.5. The fourth-order valence-electron chi connectivity index (χ4n) is 4.27. The van der Waals surface area contributed by atoms with E-state index in [0.717, 1.165) is 22.6 Å². The number of amides is 1. The fraction of sp³-hybridized carbons (Fsp3) is 0.400. The van der Waals surface area contributed by atoms with Crippen molar-refractivity contribution in [3.8, 4) is 0 Å². The molecule has 1 aromatic carbocycles. The summed E-state index contributed by atoms with van der Waals surface area (Å²) < 4.78 is 67.4. The van der Waals surface area contributed by atoms with Gasteiger partial charge in [-0.05, 0) is 30.5 Å². The van der Waals surface area contributed by atoms with E-state index in [0.29, 0.717) is 11.8 Å². The van der Waals surface area contributed by atoms with Crippen molar-refractivity contribution in [3.63, 3.8) is 0 Å². The number of hydrogen-bond donors (Lipinski definition) is 3. The second-order valence-electron chi connectivity index (χ2n) is 8.94. The topological polar surface area (TPSA) is 81.1 Å². The van der Waals surface area contributed by atoms with Gasteiger partial charge >= 0.3 is 6.18 Å². The molecule has 11 heteroatoms. The highest BCUT2D eigenvalue weighted by atomic mass is 19.4. The van der Waals surface area contributed by atoms with Crippen LogP contribution in [0.25, 0.3) is 5.57 Å². The van der Waals surface area contributed by atoms with Crippen molar-refractivity contribution in [2.45, 2.75) is 38.4 Å². The summed E-state index contributed by atoms with van der Waals surface area (Å²) in [6.07, 6.45) is -2.85. The molecule has 0 saturated carbocycles. The molecule has 0 bridgehead atoms. The van der Waals surface area contributed by atoms with E-state index in [2.05, 4.69) is 15.6 Å². The highest BCUT2D eigenvalue weighted by Crippen LogP contribution is 2.35. The Labute approximate surface area is 206 Å². The summed E-state index contributed by atoms with van der Waals surface area (Å²) in [5.74, 6) is -4.54. The van der Waals surface area contributed by atoms with Crippen LogP contribution in [0, 0.1) is 18.3 Å². The number of carbonyl (C=O) groups excluding carboxylic acids is 1. The number of benzene rings is 1. The summed E-state index contributed by atoms with van der Waals surface area (Å²) in [4.78, 5) is 18.1. The van der Waals surface area contributed by atoms with Gasteiger partial charge in [0.05, 0.1) is 18.2 Å². The van der Waals surface area contributed by atoms with Crippen molar-refractivity contribution >= 4 is 23.0 Å². The first-order chi connectivity index (χ1) is 16.8. The number of nitrogens with zero attached hydrogens (tertiary/aromatic N) is 2. The van der Waals surface area contributed by atoms with Crippen molar-refractivity contribution in [1.29, 1.82) is 5.41 Å². The van der Waals surface area contributed by atoms with Gasteiger partial charge in [-0.15, -0.1) is 0 Å². The molecule has 1 amide bonds. The van der Waals surface area contributed by atoms with Crippen molar-refractivity contribution in [2.75, 3.05) is 25.5 Å². The lowest BCUT2D eigenvalue weighted by Gasteiger charge is -2.43. The molecular formula is C25H28F5N5O. The van der Waals surface area contributed by atoms with Crippen LogP contribution in [0.15, 0.2) is 48.8 Å². The van der Waals surface area contributed by atoms with Crippen molar-refractivity contribution in [3.05, 3.63) is 65.5 Å². The van der Waals surface area contributed by atoms with Gasteiger partial charge in [0.1, 0.15) is 11.5 Å². The molecule has 1 aromatic heterocycles. The Bertz CT molecular complexity index is 1130. The first-order valence-electron chi connectivity index (χ1n) is 11.3. The zero-order valence-corrected chi connectivity index (χ0v) is 20.1. The SMILES string of the molecule is CN/C=C(\C(=N)C(=O)N1CC(F)(F)CC(C)C1CNc1ccc(C(F)(F)F)cn1)c1cccc(C)c1. The molecule has 3 N–H and O–H groups in total. The monoisotopic (exact) mass is 509 g/mol. The van der Waals surface area contributed by atoms with Crippen LogP contribution in [0.3, 0.4) is 0 Å². The number of aryl methyl sites for hydroxylation is 1. The first-order valence-corrected chi connectivity index (χ1v) is 11.3. The van der Waals surface area contributed by atoms with Crippen LogP contribution >= 0.6 is 0 Å². The van der Waals surface area contributed by atoms with Crippen LogP contribution in [0.1, 0.15) is 30.0 Å². The lowest BCUT2D eigenvalue weighted by atomic mass is 9.87. The number of rotatable bonds is 7. The molecule has 0 spiro atoms. The van der Waals surface area contributed by atoms with Gasteiger partial charge in [0, 0.05) is 38.0 Å². The molecule has 0 aliphatic carbocycles. The van der Waals surface area contributed by atoms with Crippen LogP contribution < -0.4 is 10.6 Å². The first kappa shape index (κ1) is 27.1. The molecule has 1 aliphatic heterocycles. The van der Waals surface area contributed by atoms with E-state index in [1.165, 1.54) is 6.20 Å². The number of halogens is 5. The van der Waals surface area contributed by atoms with Gasteiger partial charge in [0.15, 0.2) is 0 Å². The third-order valence-electron chi connectivity index (χ3n) is 6.02. The lowest BCUT2D eigenvalue weighted by molar-refractivity contribution is -0.145. The highest BCUT2D eigenvalue weighted by molar-refractivity contribution is 6.54. The number of nitrogens with one attached hydrogen (secondary N) is 3. The zero-order valence-electron chi connectivity index (χ0n) is 20.1. The molecule has 2 unspecified atom stereocenters. The number of anilines is 1. The number of aromatic nitrogens is 1. The Kier molecular flexibility index (Phi) is 8.00. The van der Waals surface area contributed by atoms with Crippen molar-refractivity contribution in [1.82, 2.24) is 15.2 Å². The van der Waals surface area contributed by atoms with E-state index in [9.17, 15) is 26.7 Å². The minimum Gasteiger partial charge on any atom is -0.393 e. The molecule has 2 atom stereocenters. The van der Waals surface area contributed by atoms with Crippen LogP contribution in [0.4, 0.5) is 27.8 Å². The Morgan fingerprint density at radius 1 is 1.28 bits per heavy atom. The summed E-state index contributed by atoms with van der Waals surface area (Å²) in [7, 11) is 1.61. The molecule has 2 aromatic rings. The van der Waals surface area contributed by atoms with Gasteiger partial charge < -0.3 is 15.5 Å². The molecule has 1 saturated heterocycles. The molecule has 194 valence electrons.